The van der Waals surface area contributed by atoms with Crippen molar-refractivity contribution in [1.29, 1.82) is 0 Å². The minimum Gasteiger partial charge on any atom is -0.380 e. The van der Waals surface area contributed by atoms with Gasteiger partial charge in [-0.1, -0.05) is 23.7 Å². The summed E-state index contributed by atoms with van der Waals surface area (Å²) in [6, 6.07) is 7.29. The van der Waals surface area contributed by atoms with Crippen molar-refractivity contribution in [1.82, 2.24) is 10.6 Å². The molecule has 4 nitrogen and oxygen atoms in total. The van der Waals surface area contributed by atoms with Crippen LogP contribution >= 0.6 is 11.6 Å². The summed E-state index contributed by atoms with van der Waals surface area (Å²) in [7, 11) is 1.67. The summed E-state index contributed by atoms with van der Waals surface area (Å²) in [5.41, 5.74) is 1.00. The van der Waals surface area contributed by atoms with Crippen molar-refractivity contribution in [2.45, 2.75) is 31.5 Å². The van der Waals surface area contributed by atoms with Crippen LogP contribution in [0, 0.1) is 0 Å². The fraction of sp³-hybridized carbons (Fsp3) is 0.500. The molecule has 1 aromatic rings. The Balaban J connectivity index is 1.92. The normalized spacial score (nSPS) is 24.2. The maximum atomic E-state index is 12.1. The molecule has 1 aliphatic rings. The lowest BCUT2D eigenvalue weighted by atomic mass is 10.1. The van der Waals surface area contributed by atoms with Gasteiger partial charge in [0.15, 0.2) is 0 Å². The third-order valence-electron chi connectivity index (χ3n) is 3.45. The van der Waals surface area contributed by atoms with Crippen LogP contribution in [-0.4, -0.2) is 31.7 Å². The summed E-state index contributed by atoms with van der Waals surface area (Å²) in [4.78, 5) is 12.1. The van der Waals surface area contributed by atoms with Crippen molar-refractivity contribution in [3.8, 4) is 0 Å². The highest BCUT2D eigenvalue weighted by Crippen LogP contribution is 2.18. The third kappa shape index (κ3) is 3.69. The van der Waals surface area contributed by atoms with Crippen molar-refractivity contribution >= 4 is 17.5 Å². The Labute approximate surface area is 118 Å². The first-order valence-corrected chi connectivity index (χ1v) is 6.80. The number of hydrogen-bond acceptors (Lipinski definition) is 3. The maximum absolute atomic E-state index is 12.1. The Bertz CT molecular complexity index is 453. The van der Waals surface area contributed by atoms with E-state index in [2.05, 4.69) is 10.6 Å². The number of carbonyl (C=O) groups is 1. The molecule has 1 heterocycles. The van der Waals surface area contributed by atoms with Crippen LogP contribution in [0.4, 0.5) is 0 Å². The molecule has 0 saturated carbocycles. The molecule has 0 bridgehead atoms. The summed E-state index contributed by atoms with van der Waals surface area (Å²) < 4.78 is 5.24. The van der Waals surface area contributed by atoms with Crippen LogP contribution in [-0.2, 0) is 9.53 Å². The Hall–Kier alpha value is -1.10. The molecule has 1 saturated heterocycles. The zero-order chi connectivity index (χ0) is 13.8. The lowest BCUT2D eigenvalue weighted by Crippen LogP contribution is -2.41. The predicted octanol–water partition coefficient (Wildman–Crippen LogP) is 1.89. The highest BCUT2D eigenvalue weighted by Gasteiger charge is 2.29. The van der Waals surface area contributed by atoms with Crippen LogP contribution in [0.3, 0.4) is 0 Å². The van der Waals surface area contributed by atoms with Crippen LogP contribution in [0.5, 0.6) is 0 Å². The minimum absolute atomic E-state index is 0.00651. The molecule has 3 unspecified atom stereocenters. The number of nitrogens with one attached hydrogen (secondary N) is 2. The van der Waals surface area contributed by atoms with Gasteiger partial charge in [0.1, 0.15) is 0 Å². The Morgan fingerprint density at radius 1 is 1.58 bits per heavy atom. The molecular weight excluding hydrogens is 264 g/mol. The van der Waals surface area contributed by atoms with E-state index in [-0.39, 0.29) is 24.1 Å². The standard InChI is InChI=1S/C14H19ClN2O2/c1-9(10-4-3-5-11(15)6-10)17-14(18)13-7-12(19-2)8-16-13/h3-6,9,12-13,16H,7-8H2,1-2H3,(H,17,18). The quantitative estimate of drug-likeness (QED) is 0.887. The van der Waals surface area contributed by atoms with E-state index in [1.54, 1.807) is 7.11 Å². The van der Waals surface area contributed by atoms with Crippen molar-refractivity contribution in [3.63, 3.8) is 0 Å². The molecule has 5 heteroatoms. The van der Waals surface area contributed by atoms with Gasteiger partial charge >= 0.3 is 0 Å². The van der Waals surface area contributed by atoms with Crippen LogP contribution in [0.25, 0.3) is 0 Å². The molecular formula is C14H19ClN2O2. The van der Waals surface area contributed by atoms with Gasteiger partial charge in [-0.3, -0.25) is 4.79 Å². The molecule has 0 aliphatic carbocycles. The second kappa shape index (κ2) is 6.37. The van der Waals surface area contributed by atoms with Gasteiger partial charge in [-0.05, 0) is 31.0 Å². The number of hydrogen-bond donors (Lipinski definition) is 2. The van der Waals surface area contributed by atoms with E-state index in [1.807, 2.05) is 31.2 Å². The highest BCUT2D eigenvalue weighted by atomic mass is 35.5. The number of ether oxygens (including phenoxy) is 1. The molecule has 1 fully saturated rings. The van der Waals surface area contributed by atoms with Gasteiger partial charge in [-0.2, -0.15) is 0 Å². The summed E-state index contributed by atoms with van der Waals surface area (Å²) in [6.07, 6.45) is 0.835. The number of methoxy groups -OCH3 is 1. The number of rotatable bonds is 4. The number of amides is 1. The van der Waals surface area contributed by atoms with E-state index < -0.39 is 0 Å². The average molecular weight is 283 g/mol. The zero-order valence-corrected chi connectivity index (χ0v) is 11.9. The number of halogens is 1. The van der Waals surface area contributed by atoms with E-state index >= 15 is 0 Å². The largest absolute Gasteiger partial charge is 0.380 e. The zero-order valence-electron chi connectivity index (χ0n) is 11.2. The lowest BCUT2D eigenvalue weighted by molar-refractivity contribution is -0.123. The van der Waals surface area contributed by atoms with Crippen LogP contribution in [0.15, 0.2) is 24.3 Å². The molecule has 3 atom stereocenters. The smallest absolute Gasteiger partial charge is 0.237 e. The summed E-state index contributed by atoms with van der Waals surface area (Å²) in [6.45, 7) is 2.67. The highest BCUT2D eigenvalue weighted by molar-refractivity contribution is 6.30. The van der Waals surface area contributed by atoms with E-state index in [1.165, 1.54) is 0 Å². The summed E-state index contributed by atoms with van der Waals surface area (Å²) in [5.74, 6) is 0.00651. The van der Waals surface area contributed by atoms with Crippen LogP contribution in [0.1, 0.15) is 24.9 Å². The first-order chi connectivity index (χ1) is 9.10. The second-order valence-corrected chi connectivity index (χ2v) is 5.28. The Kier molecular flexibility index (Phi) is 4.80. The van der Waals surface area contributed by atoms with Gasteiger partial charge in [-0.15, -0.1) is 0 Å². The molecule has 2 N–H and O–H groups in total. The number of benzene rings is 1. The molecule has 2 rings (SSSR count). The van der Waals surface area contributed by atoms with Crippen molar-refractivity contribution in [2.75, 3.05) is 13.7 Å². The molecule has 0 aromatic heterocycles. The van der Waals surface area contributed by atoms with E-state index in [0.29, 0.717) is 11.4 Å². The summed E-state index contributed by atoms with van der Waals surface area (Å²) in [5, 5.41) is 6.83. The first-order valence-electron chi connectivity index (χ1n) is 6.42. The Morgan fingerprint density at radius 3 is 3.00 bits per heavy atom. The fourth-order valence-corrected chi connectivity index (χ4v) is 2.45. The van der Waals surface area contributed by atoms with Gasteiger partial charge in [0.05, 0.1) is 18.2 Å². The average Bonchev–Trinajstić information content (AvgIpc) is 2.87. The maximum Gasteiger partial charge on any atom is 0.237 e. The molecule has 1 aliphatic heterocycles. The minimum atomic E-state index is -0.174. The van der Waals surface area contributed by atoms with Crippen molar-refractivity contribution < 1.29 is 9.53 Å². The summed E-state index contributed by atoms with van der Waals surface area (Å²) >= 11 is 5.95. The van der Waals surface area contributed by atoms with E-state index in [9.17, 15) is 4.79 Å². The molecule has 19 heavy (non-hydrogen) atoms. The molecule has 1 amide bonds. The van der Waals surface area contributed by atoms with Gasteiger partial charge in [0.25, 0.3) is 0 Å². The lowest BCUT2D eigenvalue weighted by Gasteiger charge is -2.17. The van der Waals surface area contributed by atoms with Crippen LogP contribution in [0.2, 0.25) is 5.02 Å². The molecule has 104 valence electrons. The topological polar surface area (TPSA) is 50.4 Å². The molecule has 0 spiro atoms. The predicted molar refractivity (Wildman–Crippen MR) is 75.2 cm³/mol. The van der Waals surface area contributed by atoms with Gasteiger partial charge in [0.2, 0.25) is 5.91 Å². The monoisotopic (exact) mass is 282 g/mol. The third-order valence-corrected chi connectivity index (χ3v) is 3.68. The van der Waals surface area contributed by atoms with Gasteiger partial charge in [-0.25, -0.2) is 0 Å². The Morgan fingerprint density at radius 2 is 2.37 bits per heavy atom. The second-order valence-electron chi connectivity index (χ2n) is 4.84. The molecule has 1 aromatic carbocycles. The van der Waals surface area contributed by atoms with Gasteiger partial charge < -0.3 is 15.4 Å². The van der Waals surface area contributed by atoms with E-state index in [0.717, 1.165) is 12.1 Å². The van der Waals surface area contributed by atoms with Crippen molar-refractivity contribution in [3.05, 3.63) is 34.9 Å². The number of carbonyl (C=O) groups excluding carboxylic acids is 1. The van der Waals surface area contributed by atoms with Gasteiger partial charge in [0, 0.05) is 18.7 Å². The SMILES string of the molecule is COC1CNC(C(=O)NC(C)c2cccc(Cl)c2)C1. The first kappa shape index (κ1) is 14.3. The van der Waals surface area contributed by atoms with E-state index in [4.69, 9.17) is 16.3 Å². The fourth-order valence-electron chi connectivity index (χ4n) is 2.26. The van der Waals surface area contributed by atoms with Crippen molar-refractivity contribution in [2.24, 2.45) is 0 Å². The van der Waals surface area contributed by atoms with Crippen LogP contribution < -0.4 is 10.6 Å². The molecule has 0 radical (unpaired) electrons.